The Morgan fingerprint density at radius 2 is 1.77 bits per heavy atom. The van der Waals surface area contributed by atoms with Crippen molar-refractivity contribution in [1.29, 1.82) is 0 Å². The van der Waals surface area contributed by atoms with Crippen LogP contribution in [0, 0.1) is 0 Å². The van der Waals surface area contributed by atoms with Gasteiger partial charge in [-0.1, -0.05) is 36.4 Å². The zero-order valence-electron chi connectivity index (χ0n) is 17.3. The normalized spacial score (nSPS) is 10.5. The average Bonchev–Trinajstić information content (AvgIpc) is 2.78. The molecule has 0 aliphatic carbocycles. The van der Waals surface area contributed by atoms with Gasteiger partial charge in [-0.3, -0.25) is 9.59 Å². The van der Waals surface area contributed by atoms with Crippen molar-refractivity contribution in [1.82, 2.24) is 5.43 Å². The van der Waals surface area contributed by atoms with Crippen molar-refractivity contribution in [2.24, 2.45) is 5.10 Å². The van der Waals surface area contributed by atoms with E-state index in [2.05, 4.69) is 15.8 Å². The molecular formula is C24H23N3O4. The zero-order valence-corrected chi connectivity index (χ0v) is 17.3. The second-order valence-corrected chi connectivity index (χ2v) is 6.65. The summed E-state index contributed by atoms with van der Waals surface area (Å²) in [4.78, 5) is 23.4. The van der Waals surface area contributed by atoms with Crippen LogP contribution in [0.2, 0.25) is 0 Å². The van der Waals surface area contributed by atoms with Crippen molar-refractivity contribution in [3.05, 3.63) is 89.5 Å². The molecule has 31 heavy (non-hydrogen) atoms. The van der Waals surface area contributed by atoms with Crippen LogP contribution in [0.25, 0.3) is 0 Å². The molecule has 0 spiro atoms. The Bertz CT molecular complexity index is 1080. The summed E-state index contributed by atoms with van der Waals surface area (Å²) < 4.78 is 11.2. The number of nitrogens with zero attached hydrogens (tertiary/aromatic N) is 1. The van der Waals surface area contributed by atoms with Crippen molar-refractivity contribution < 1.29 is 19.1 Å². The molecule has 158 valence electrons. The lowest BCUT2D eigenvalue weighted by Gasteiger charge is -2.11. The van der Waals surface area contributed by atoms with E-state index in [-0.39, 0.29) is 5.91 Å². The van der Waals surface area contributed by atoms with E-state index >= 15 is 0 Å². The number of benzene rings is 3. The molecule has 0 heterocycles. The van der Waals surface area contributed by atoms with E-state index in [4.69, 9.17) is 9.47 Å². The van der Waals surface area contributed by atoms with Gasteiger partial charge in [-0.15, -0.1) is 0 Å². The predicted molar refractivity (Wildman–Crippen MR) is 120 cm³/mol. The molecule has 0 fully saturated rings. The average molecular weight is 417 g/mol. The third-order valence-electron chi connectivity index (χ3n) is 4.25. The molecule has 0 radical (unpaired) electrons. The van der Waals surface area contributed by atoms with E-state index in [1.165, 1.54) is 13.1 Å². The number of amides is 2. The molecule has 3 rings (SSSR count). The van der Waals surface area contributed by atoms with Crippen LogP contribution in [0.3, 0.4) is 0 Å². The largest absolute Gasteiger partial charge is 0.493 e. The van der Waals surface area contributed by atoms with Gasteiger partial charge in [0.25, 0.3) is 5.91 Å². The van der Waals surface area contributed by atoms with Gasteiger partial charge < -0.3 is 14.8 Å². The van der Waals surface area contributed by atoms with Crippen LogP contribution >= 0.6 is 0 Å². The van der Waals surface area contributed by atoms with Gasteiger partial charge in [-0.25, -0.2) is 5.43 Å². The molecular weight excluding hydrogens is 394 g/mol. The molecule has 0 aromatic heterocycles. The van der Waals surface area contributed by atoms with Crippen molar-refractivity contribution in [3.8, 4) is 11.5 Å². The fraction of sp³-hybridized carbons (Fsp3) is 0.125. The number of ether oxygens (including phenoxy) is 2. The van der Waals surface area contributed by atoms with Gasteiger partial charge in [0.05, 0.1) is 13.3 Å². The van der Waals surface area contributed by atoms with Gasteiger partial charge in [-0.05, 0) is 47.5 Å². The van der Waals surface area contributed by atoms with Gasteiger partial charge in [0.1, 0.15) is 6.61 Å². The molecule has 2 amide bonds. The van der Waals surface area contributed by atoms with Crippen molar-refractivity contribution in [3.63, 3.8) is 0 Å². The van der Waals surface area contributed by atoms with Crippen LogP contribution in [0.5, 0.6) is 11.5 Å². The Kier molecular flexibility index (Phi) is 7.37. The highest BCUT2D eigenvalue weighted by atomic mass is 16.5. The molecule has 0 saturated heterocycles. The molecule has 2 N–H and O–H groups in total. The van der Waals surface area contributed by atoms with Crippen LogP contribution < -0.4 is 20.2 Å². The first kappa shape index (κ1) is 21.6. The van der Waals surface area contributed by atoms with Gasteiger partial charge >= 0.3 is 0 Å². The van der Waals surface area contributed by atoms with Crippen molar-refractivity contribution >= 4 is 23.7 Å². The number of hydrogen-bond acceptors (Lipinski definition) is 5. The van der Waals surface area contributed by atoms with Gasteiger partial charge in [0.15, 0.2) is 11.5 Å². The van der Waals surface area contributed by atoms with Crippen LogP contribution in [0.15, 0.2) is 77.9 Å². The van der Waals surface area contributed by atoms with Gasteiger partial charge in [-0.2, -0.15) is 5.10 Å². The Morgan fingerprint density at radius 1 is 0.968 bits per heavy atom. The Labute approximate surface area is 180 Å². The summed E-state index contributed by atoms with van der Waals surface area (Å²) in [5.41, 5.74) is 5.18. The smallest absolute Gasteiger partial charge is 0.271 e. The highest BCUT2D eigenvalue weighted by molar-refractivity contribution is 5.97. The van der Waals surface area contributed by atoms with E-state index in [0.717, 1.165) is 11.1 Å². The second-order valence-electron chi connectivity index (χ2n) is 6.65. The van der Waals surface area contributed by atoms with Crippen LogP contribution in [-0.2, 0) is 11.4 Å². The van der Waals surface area contributed by atoms with Gasteiger partial charge in [0, 0.05) is 18.2 Å². The molecule has 0 bridgehead atoms. The fourth-order valence-electron chi connectivity index (χ4n) is 2.79. The minimum absolute atomic E-state index is 0.208. The third kappa shape index (κ3) is 6.43. The highest BCUT2D eigenvalue weighted by Crippen LogP contribution is 2.28. The van der Waals surface area contributed by atoms with Crippen LogP contribution in [0.4, 0.5) is 5.69 Å². The fourth-order valence-corrected chi connectivity index (χ4v) is 2.79. The SMILES string of the molecule is COc1cc(C=NNC(=O)c2cccc(NC(C)=O)c2)ccc1OCc1ccccc1. The predicted octanol–water partition coefficient (Wildman–Crippen LogP) is 4.00. The standard InChI is InChI=1S/C24H23N3O4/c1-17(28)26-21-10-6-9-20(14-21)24(29)27-25-15-19-11-12-22(23(13-19)30-2)31-16-18-7-4-3-5-8-18/h3-15H,16H2,1-2H3,(H,26,28)(H,27,29). The minimum atomic E-state index is -0.391. The van der Waals surface area contributed by atoms with Crippen molar-refractivity contribution in [2.45, 2.75) is 13.5 Å². The summed E-state index contributed by atoms with van der Waals surface area (Å²) >= 11 is 0. The van der Waals surface area contributed by atoms with E-state index in [9.17, 15) is 9.59 Å². The maximum atomic E-state index is 12.3. The maximum Gasteiger partial charge on any atom is 0.271 e. The summed E-state index contributed by atoms with van der Waals surface area (Å²) in [6.45, 7) is 1.83. The number of carbonyl (C=O) groups is 2. The van der Waals surface area contributed by atoms with Crippen LogP contribution in [-0.4, -0.2) is 25.1 Å². The molecule has 0 saturated carbocycles. The Hall–Kier alpha value is -4.13. The summed E-state index contributed by atoms with van der Waals surface area (Å²) in [6.07, 6.45) is 1.51. The Balaban J connectivity index is 1.61. The summed E-state index contributed by atoms with van der Waals surface area (Å²) in [6, 6.07) is 21.8. The second kappa shape index (κ2) is 10.6. The molecule has 3 aromatic carbocycles. The summed E-state index contributed by atoms with van der Waals surface area (Å²) in [5, 5.41) is 6.64. The minimum Gasteiger partial charge on any atom is -0.493 e. The molecule has 0 aliphatic heterocycles. The van der Waals surface area contributed by atoms with E-state index in [1.54, 1.807) is 43.5 Å². The molecule has 0 atom stereocenters. The lowest BCUT2D eigenvalue weighted by Crippen LogP contribution is -2.18. The zero-order chi connectivity index (χ0) is 22.1. The van der Waals surface area contributed by atoms with E-state index in [0.29, 0.717) is 29.4 Å². The number of methoxy groups -OCH3 is 1. The summed E-state index contributed by atoms with van der Waals surface area (Å²) in [7, 11) is 1.56. The lowest BCUT2D eigenvalue weighted by molar-refractivity contribution is -0.114. The Morgan fingerprint density at radius 3 is 2.52 bits per heavy atom. The molecule has 7 heteroatoms. The number of carbonyl (C=O) groups excluding carboxylic acids is 2. The number of anilines is 1. The number of hydrogen-bond donors (Lipinski definition) is 2. The maximum absolute atomic E-state index is 12.3. The molecule has 7 nitrogen and oxygen atoms in total. The first-order valence-electron chi connectivity index (χ1n) is 9.61. The van der Waals surface area contributed by atoms with Crippen LogP contribution in [0.1, 0.15) is 28.4 Å². The molecule has 0 aliphatic rings. The highest BCUT2D eigenvalue weighted by Gasteiger charge is 2.07. The van der Waals surface area contributed by atoms with E-state index in [1.807, 2.05) is 36.4 Å². The summed E-state index contributed by atoms with van der Waals surface area (Å²) in [5.74, 6) is 0.579. The first-order chi connectivity index (χ1) is 15.0. The number of rotatable bonds is 8. The third-order valence-corrected chi connectivity index (χ3v) is 4.25. The molecule has 3 aromatic rings. The van der Waals surface area contributed by atoms with E-state index < -0.39 is 5.91 Å². The molecule has 0 unspecified atom stereocenters. The monoisotopic (exact) mass is 417 g/mol. The lowest BCUT2D eigenvalue weighted by atomic mass is 10.2. The van der Waals surface area contributed by atoms with Crippen molar-refractivity contribution in [2.75, 3.05) is 12.4 Å². The number of hydrazone groups is 1. The first-order valence-corrected chi connectivity index (χ1v) is 9.61. The number of nitrogens with one attached hydrogen (secondary N) is 2. The topological polar surface area (TPSA) is 89.0 Å². The van der Waals surface area contributed by atoms with Gasteiger partial charge in [0.2, 0.25) is 5.91 Å². The quantitative estimate of drug-likeness (QED) is 0.428.